The summed E-state index contributed by atoms with van der Waals surface area (Å²) in [4.78, 5) is 16.4. The van der Waals surface area contributed by atoms with Gasteiger partial charge in [-0.1, -0.05) is 34.1 Å². The molecule has 2 atom stereocenters. The Hall–Kier alpha value is -1.08. The predicted molar refractivity (Wildman–Crippen MR) is 111 cm³/mol. The molecule has 2 unspecified atom stereocenters. The van der Waals surface area contributed by atoms with Crippen molar-refractivity contribution < 1.29 is 9.21 Å². The first-order chi connectivity index (χ1) is 11.6. The van der Waals surface area contributed by atoms with Crippen LogP contribution in [0.1, 0.15) is 32.1 Å². The van der Waals surface area contributed by atoms with E-state index in [9.17, 15) is 4.79 Å². The van der Waals surface area contributed by atoms with E-state index in [1.54, 1.807) is 6.20 Å². The molecule has 8 heteroatoms. The third kappa shape index (κ3) is 5.98. The number of carbonyl (C=O) groups excluding carboxylic acids is 1. The monoisotopic (exact) mass is 463 g/mol. The Morgan fingerprint density at radius 2 is 2.15 bits per heavy atom. The number of nitrogens with zero attached hydrogens (tertiary/aromatic N) is 1. The summed E-state index contributed by atoms with van der Waals surface area (Å²) in [6.07, 6.45) is 4.74. The van der Waals surface area contributed by atoms with Crippen LogP contribution < -0.4 is 10.6 Å². The molecule has 1 aromatic carbocycles. The van der Waals surface area contributed by atoms with Crippen molar-refractivity contribution in [3.63, 3.8) is 0 Å². The van der Waals surface area contributed by atoms with Crippen molar-refractivity contribution in [2.24, 2.45) is 0 Å². The average molecular weight is 465 g/mol. The maximum Gasteiger partial charge on any atom is 0.220 e. The molecule has 0 radical (unpaired) electrons. The molecule has 1 aliphatic heterocycles. The molecule has 2 heterocycles. The minimum atomic E-state index is 0. The van der Waals surface area contributed by atoms with Crippen molar-refractivity contribution in [1.82, 2.24) is 15.6 Å². The molecule has 0 bridgehead atoms. The van der Waals surface area contributed by atoms with Gasteiger partial charge in [0, 0.05) is 35.0 Å². The van der Waals surface area contributed by atoms with E-state index in [1.807, 2.05) is 24.3 Å². The van der Waals surface area contributed by atoms with Gasteiger partial charge in [0.2, 0.25) is 5.91 Å². The molecule has 1 saturated heterocycles. The summed E-state index contributed by atoms with van der Waals surface area (Å²) in [6.45, 7) is 3.14. The molecule has 0 aliphatic carbocycles. The van der Waals surface area contributed by atoms with Gasteiger partial charge in [-0.2, -0.15) is 0 Å². The number of halogens is 3. The van der Waals surface area contributed by atoms with Gasteiger partial charge >= 0.3 is 0 Å². The van der Waals surface area contributed by atoms with Crippen LogP contribution in [0.4, 0.5) is 0 Å². The lowest BCUT2D eigenvalue weighted by Crippen LogP contribution is -2.51. The summed E-state index contributed by atoms with van der Waals surface area (Å²) in [5, 5.41) is 6.50. The van der Waals surface area contributed by atoms with Gasteiger partial charge in [0.1, 0.15) is 0 Å². The van der Waals surface area contributed by atoms with E-state index >= 15 is 0 Å². The maximum absolute atomic E-state index is 12.1. The van der Waals surface area contributed by atoms with Gasteiger partial charge in [-0.05, 0) is 32.4 Å². The summed E-state index contributed by atoms with van der Waals surface area (Å²) in [7, 11) is 0. The molecule has 1 aromatic heterocycles. The van der Waals surface area contributed by atoms with E-state index in [0.717, 1.165) is 29.4 Å². The molecule has 3 rings (SSSR count). The number of aromatic nitrogens is 1. The second kappa shape index (κ2) is 10.9. The molecule has 1 fully saturated rings. The standard InChI is InChI=1S/C18H22BrN3O2.2ClH/c1-12-15(7-4-10-20-12)22-17(23)8-9-18-21-11-16(24-18)13-5-2-3-6-14(13)19;;/h2-3,5-6,11-12,15,20H,4,7-10H2,1H3,(H,22,23);2*1H. The van der Waals surface area contributed by atoms with Gasteiger partial charge in [-0.3, -0.25) is 4.79 Å². The Labute approximate surface area is 174 Å². The van der Waals surface area contributed by atoms with Crippen molar-refractivity contribution in [3.8, 4) is 11.3 Å². The smallest absolute Gasteiger partial charge is 0.220 e. The largest absolute Gasteiger partial charge is 0.441 e. The van der Waals surface area contributed by atoms with Crippen LogP contribution in [0, 0.1) is 0 Å². The highest BCUT2D eigenvalue weighted by atomic mass is 79.9. The Morgan fingerprint density at radius 3 is 2.88 bits per heavy atom. The van der Waals surface area contributed by atoms with E-state index in [2.05, 4.69) is 38.5 Å². The number of amides is 1. The van der Waals surface area contributed by atoms with Crippen LogP contribution in [0.3, 0.4) is 0 Å². The first-order valence-electron chi connectivity index (χ1n) is 8.36. The third-order valence-electron chi connectivity index (χ3n) is 4.37. The van der Waals surface area contributed by atoms with Crippen LogP contribution in [0.5, 0.6) is 0 Å². The Kier molecular flexibility index (Phi) is 9.64. The molecule has 1 amide bonds. The van der Waals surface area contributed by atoms with Gasteiger partial charge in [0.05, 0.1) is 6.20 Å². The lowest BCUT2D eigenvalue weighted by molar-refractivity contribution is -0.122. The number of hydrogen-bond acceptors (Lipinski definition) is 4. The highest BCUT2D eigenvalue weighted by Gasteiger charge is 2.22. The highest BCUT2D eigenvalue weighted by molar-refractivity contribution is 9.10. The fourth-order valence-electron chi connectivity index (χ4n) is 2.95. The maximum atomic E-state index is 12.1. The molecule has 26 heavy (non-hydrogen) atoms. The van der Waals surface area contributed by atoms with Crippen molar-refractivity contribution in [2.45, 2.75) is 44.7 Å². The molecule has 1 aliphatic rings. The SMILES string of the molecule is CC1NCCCC1NC(=O)CCc1ncc(-c2ccccc2Br)o1.Cl.Cl. The number of benzene rings is 1. The van der Waals surface area contributed by atoms with Crippen LogP contribution in [0.2, 0.25) is 0 Å². The lowest BCUT2D eigenvalue weighted by atomic mass is 10.00. The molecule has 2 aromatic rings. The molecule has 0 saturated carbocycles. The average Bonchev–Trinajstić information content (AvgIpc) is 3.04. The summed E-state index contributed by atoms with van der Waals surface area (Å²) >= 11 is 3.51. The third-order valence-corrected chi connectivity index (χ3v) is 5.06. The van der Waals surface area contributed by atoms with E-state index < -0.39 is 0 Å². The summed E-state index contributed by atoms with van der Waals surface area (Å²) in [5.74, 6) is 1.35. The Balaban J connectivity index is 0.00000169. The zero-order valence-corrected chi connectivity index (χ0v) is 17.8. The van der Waals surface area contributed by atoms with E-state index in [0.29, 0.717) is 30.5 Å². The normalized spacial score (nSPS) is 19.2. The molecule has 0 spiro atoms. The predicted octanol–water partition coefficient (Wildman–Crippen LogP) is 4.14. The van der Waals surface area contributed by atoms with Crippen LogP contribution in [0.25, 0.3) is 11.3 Å². The first kappa shape index (κ1) is 23.0. The number of hydrogen-bond donors (Lipinski definition) is 2. The fraction of sp³-hybridized carbons (Fsp3) is 0.444. The number of carbonyl (C=O) groups is 1. The molecule has 2 N–H and O–H groups in total. The van der Waals surface area contributed by atoms with Crippen LogP contribution in [-0.2, 0) is 11.2 Å². The van der Waals surface area contributed by atoms with Crippen molar-refractivity contribution in [2.75, 3.05) is 6.54 Å². The molecule has 5 nitrogen and oxygen atoms in total. The van der Waals surface area contributed by atoms with Crippen molar-refractivity contribution in [1.29, 1.82) is 0 Å². The highest BCUT2D eigenvalue weighted by Crippen LogP contribution is 2.28. The second-order valence-corrected chi connectivity index (χ2v) is 7.01. The first-order valence-corrected chi connectivity index (χ1v) is 9.15. The van der Waals surface area contributed by atoms with Gasteiger partial charge in [-0.25, -0.2) is 4.98 Å². The second-order valence-electron chi connectivity index (χ2n) is 6.16. The minimum Gasteiger partial charge on any atom is -0.441 e. The number of rotatable bonds is 5. The van der Waals surface area contributed by atoms with Gasteiger partial charge in [0.15, 0.2) is 11.7 Å². The minimum absolute atomic E-state index is 0. The molecule has 144 valence electrons. The van der Waals surface area contributed by atoms with E-state index in [-0.39, 0.29) is 36.8 Å². The van der Waals surface area contributed by atoms with Crippen molar-refractivity contribution in [3.05, 3.63) is 40.8 Å². The number of piperidine rings is 1. The van der Waals surface area contributed by atoms with Crippen LogP contribution >= 0.6 is 40.7 Å². The summed E-state index contributed by atoms with van der Waals surface area (Å²) < 4.78 is 6.74. The Morgan fingerprint density at radius 1 is 1.38 bits per heavy atom. The van der Waals surface area contributed by atoms with Gasteiger partial charge in [-0.15, -0.1) is 24.8 Å². The van der Waals surface area contributed by atoms with Crippen LogP contribution in [0.15, 0.2) is 39.4 Å². The topological polar surface area (TPSA) is 67.2 Å². The lowest BCUT2D eigenvalue weighted by Gasteiger charge is -2.30. The number of aryl methyl sites for hydroxylation is 1. The summed E-state index contributed by atoms with van der Waals surface area (Å²) in [5.41, 5.74) is 0.961. The Bertz CT molecular complexity index is 711. The van der Waals surface area contributed by atoms with E-state index in [4.69, 9.17) is 4.42 Å². The molecular weight excluding hydrogens is 441 g/mol. The molecular formula is C18H24BrCl2N3O2. The zero-order valence-electron chi connectivity index (χ0n) is 14.5. The number of nitrogens with one attached hydrogen (secondary N) is 2. The van der Waals surface area contributed by atoms with E-state index in [1.165, 1.54) is 0 Å². The van der Waals surface area contributed by atoms with Gasteiger partial charge in [0.25, 0.3) is 0 Å². The number of oxazole rings is 1. The summed E-state index contributed by atoms with van der Waals surface area (Å²) in [6, 6.07) is 8.38. The fourth-order valence-corrected chi connectivity index (χ4v) is 3.43. The van der Waals surface area contributed by atoms with Crippen molar-refractivity contribution >= 4 is 46.7 Å². The van der Waals surface area contributed by atoms with Gasteiger partial charge < -0.3 is 15.1 Å². The zero-order chi connectivity index (χ0) is 16.9. The van der Waals surface area contributed by atoms with Crippen LogP contribution in [-0.4, -0.2) is 29.5 Å². The quantitative estimate of drug-likeness (QED) is 0.697.